The maximum atomic E-state index is 14.3. The van der Waals surface area contributed by atoms with Gasteiger partial charge in [-0.3, -0.25) is 29.1 Å². The van der Waals surface area contributed by atoms with E-state index in [1.165, 1.54) is 72.4 Å². The lowest BCUT2D eigenvalue weighted by Crippen LogP contribution is -2.33. The summed E-state index contributed by atoms with van der Waals surface area (Å²) in [7, 11) is 0. The quantitative estimate of drug-likeness (QED) is 0.0329. The van der Waals surface area contributed by atoms with Gasteiger partial charge < -0.3 is 44.4 Å². The van der Waals surface area contributed by atoms with Gasteiger partial charge >= 0.3 is 0 Å². The zero-order chi connectivity index (χ0) is 76.8. The average Bonchev–Trinajstić information content (AvgIpc) is 1.77. The molecule has 12 heterocycles. The van der Waals surface area contributed by atoms with Crippen LogP contribution < -0.4 is 16.0 Å². The molecule has 0 unspecified atom stereocenters. The Morgan fingerprint density at radius 1 is 0.405 bits per heavy atom. The number of aromatic nitrogens is 3. The van der Waals surface area contributed by atoms with Crippen LogP contribution in [-0.4, -0.2) is 164 Å². The summed E-state index contributed by atoms with van der Waals surface area (Å²) in [6.45, 7) is 16.6. The highest BCUT2D eigenvalue weighted by Crippen LogP contribution is 2.42. The van der Waals surface area contributed by atoms with Crippen LogP contribution in [0, 0.1) is 17.5 Å². The number of hydrogen-bond acceptors (Lipinski definition) is 18. The van der Waals surface area contributed by atoms with Crippen molar-refractivity contribution in [1.82, 2.24) is 29.7 Å². The fourth-order valence-electron chi connectivity index (χ4n) is 18.1. The van der Waals surface area contributed by atoms with E-state index >= 15 is 0 Å². The first-order valence-electron chi connectivity index (χ1n) is 42.2. The summed E-state index contributed by atoms with van der Waals surface area (Å²) >= 11 is 0. The number of benzene rings is 3. The highest BCUT2D eigenvalue weighted by Gasteiger charge is 2.39. The number of halogens is 3. The number of aryl methyl sites for hydroxylation is 6. The third-order valence-corrected chi connectivity index (χ3v) is 23.8. The molecule has 18 nitrogen and oxygen atoms in total. The summed E-state index contributed by atoms with van der Waals surface area (Å²) in [6, 6.07) is 26.3. The van der Waals surface area contributed by atoms with E-state index in [4.69, 9.17) is 43.4 Å². The van der Waals surface area contributed by atoms with Crippen molar-refractivity contribution in [2.45, 2.75) is 249 Å². The molecule has 9 aliphatic rings. The second-order valence-electron chi connectivity index (χ2n) is 32.1. The molecule has 0 bridgehead atoms. The van der Waals surface area contributed by atoms with Crippen molar-refractivity contribution in [1.29, 1.82) is 0 Å². The SMILES string of the molecule is CC(=O)[C@@H](c1cc(F)ccc1[C@@H]1CCCO1)N1CC[C@@H](OCCCCCc2ccc3c(n2)NCCC3)C1.CC(=O)[C@@H](c1cc(F)ccc1[C@H]1CCCO1)N1CC[C@@H](OCCCCCc2ccc3c(n2)NCCC3)C1.CC(=O)[C@H](c1cc(F)ccc1[C@H]1CCCO1)N1CC[C@@H](OCCCCCc2ccc3c(n2)NCCC3)C1. The van der Waals surface area contributed by atoms with Gasteiger partial charge in [-0.05, 0) is 280 Å². The van der Waals surface area contributed by atoms with Crippen LogP contribution >= 0.6 is 0 Å². The predicted octanol–water partition coefficient (Wildman–Crippen LogP) is 16.7. The first-order chi connectivity index (χ1) is 54.2. The molecule has 6 saturated heterocycles. The van der Waals surface area contributed by atoms with Crippen LogP contribution in [0.3, 0.4) is 0 Å². The van der Waals surface area contributed by atoms with Crippen molar-refractivity contribution >= 4 is 34.8 Å². The number of pyridine rings is 3. The number of ether oxygens (including phenoxy) is 6. The Bertz CT molecular complexity index is 3620. The summed E-state index contributed by atoms with van der Waals surface area (Å²) < 4.78 is 79.1. The minimum Gasteiger partial charge on any atom is -0.377 e. The first-order valence-corrected chi connectivity index (χ1v) is 42.2. The molecular weight excluding hydrogens is 1410 g/mol. The van der Waals surface area contributed by atoms with E-state index < -0.39 is 18.1 Å². The van der Waals surface area contributed by atoms with Crippen molar-refractivity contribution in [3.63, 3.8) is 0 Å². The number of carbonyl (C=O) groups is 3. The van der Waals surface area contributed by atoms with Crippen molar-refractivity contribution in [3.05, 3.63) is 176 Å². The molecule has 0 saturated carbocycles. The number of unbranched alkanes of at least 4 members (excludes halogenated alkanes) is 6. The smallest absolute Gasteiger partial charge is 0.151 e. The molecule has 0 spiro atoms. The molecule has 6 aromatic rings. The fraction of sp³-hybridized carbons (Fsp3) is 0.600. The number of anilines is 3. The molecule has 3 aromatic heterocycles. The van der Waals surface area contributed by atoms with E-state index in [9.17, 15) is 27.6 Å². The first kappa shape index (κ1) is 81.9. The second-order valence-corrected chi connectivity index (χ2v) is 32.1. The lowest BCUT2D eigenvalue weighted by Gasteiger charge is -2.29. The highest BCUT2D eigenvalue weighted by molar-refractivity contribution is 5.85. The van der Waals surface area contributed by atoms with Gasteiger partial charge in [0.05, 0.1) is 54.7 Å². The van der Waals surface area contributed by atoms with Crippen molar-refractivity contribution < 1.29 is 56.0 Å². The Hall–Kier alpha value is -7.05. The van der Waals surface area contributed by atoms with E-state index in [1.807, 2.05) is 0 Å². The van der Waals surface area contributed by atoms with Crippen LogP contribution in [0.4, 0.5) is 30.6 Å². The van der Waals surface area contributed by atoms with Crippen molar-refractivity contribution in [2.24, 2.45) is 0 Å². The summed E-state index contributed by atoms with van der Waals surface area (Å²) in [4.78, 5) is 59.2. The molecular formula is C90H120F3N9O9. The fourth-order valence-corrected chi connectivity index (χ4v) is 18.1. The molecule has 6 fully saturated rings. The Kier molecular flexibility index (Phi) is 30.5. The number of hydrogen-bond donors (Lipinski definition) is 3. The van der Waals surface area contributed by atoms with Gasteiger partial charge in [0.1, 0.15) is 34.9 Å². The van der Waals surface area contributed by atoms with Crippen LogP contribution in [0.2, 0.25) is 0 Å². The Morgan fingerprint density at radius 2 is 0.712 bits per heavy atom. The van der Waals surface area contributed by atoms with Gasteiger partial charge in [-0.1, -0.05) is 55.7 Å². The molecule has 15 rings (SSSR count). The average molecular weight is 1530 g/mol. The van der Waals surface area contributed by atoms with Crippen LogP contribution in [0.15, 0.2) is 91.0 Å². The number of nitrogens with zero attached hydrogens (tertiary/aromatic N) is 6. The molecule has 3 aromatic carbocycles. The van der Waals surface area contributed by atoms with Gasteiger partial charge in [0.25, 0.3) is 0 Å². The van der Waals surface area contributed by atoms with E-state index in [2.05, 4.69) is 67.0 Å². The molecule has 111 heavy (non-hydrogen) atoms. The molecule has 3 N–H and O–H groups in total. The largest absolute Gasteiger partial charge is 0.377 e. The van der Waals surface area contributed by atoms with Gasteiger partial charge in [0, 0.05) is 116 Å². The van der Waals surface area contributed by atoms with Crippen molar-refractivity contribution in [3.8, 4) is 0 Å². The molecule has 9 aliphatic heterocycles. The zero-order valence-corrected chi connectivity index (χ0v) is 66.0. The molecule has 0 radical (unpaired) electrons. The minimum atomic E-state index is -0.456. The maximum Gasteiger partial charge on any atom is 0.151 e. The second kappa shape index (κ2) is 41.3. The van der Waals surface area contributed by atoms with Gasteiger partial charge in [0.2, 0.25) is 0 Å². The Labute approximate surface area is 656 Å². The predicted molar refractivity (Wildman–Crippen MR) is 427 cm³/mol. The maximum absolute atomic E-state index is 14.3. The Morgan fingerprint density at radius 3 is 0.991 bits per heavy atom. The van der Waals surface area contributed by atoms with E-state index in [0.29, 0.717) is 39.5 Å². The topological polar surface area (TPSA) is 191 Å². The lowest BCUT2D eigenvalue weighted by molar-refractivity contribution is -0.123. The monoisotopic (exact) mass is 1530 g/mol. The Balaban J connectivity index is 0.000000146. The number of ketones is 3. The van der Waals surface area contributed by atoms with Gasteiger partial charge in [-0.2, -0.15) is 0 Å². The van der Waals surface area contributed by atoms with E-state index in [0.717, 1.165) is 281 Å². The number of likely N-dealkylation sites (tertiary alicyclic amines) is 3. The third-order valence-electron chi connectivity index (χ3n) is 23.8. The number of fused-ring (bicyclic) bond motifs is 3. The molecule has 9 atom stereocenters. The standard InChI is InChI=1S/3C30H40FN3O3/c3*1-21(35)29(27-19-23(31)11-13-26(27)28-9-6-18-37-28)34-16-14-25(20-34)36-17-4-2-3-8-24-12-10-22-7-5-15-32-30(22)33-24/h3*10-13,19,25,28-29H,2-9,14-18,20H2,1H3,(H,32,33)/t25-,28+,29+;25-,28-,29+;25-,28-,29-/m111/s1. The van der Waals surface area contributed by atoms with E-state index in [-0.39, 0.29) is 71.4 Å². The van der Waals surface area contributed by atoms with Crippen LogP contribution in [0.1, 0.15) is 259 Å². The summed E-state index contributed by atoms with van der Waals surface area (Å²) in [5, 5.41) is 10.2. The number of Topliss-reactive ketones (excluding diaryl/α,β-unsaturated/α-hetero) is 3. The van der Waals surface area contributed by atoms with Gasteiger partial charge in [-0.15, -0.1) is 0 Å². The highest BCUT2D eigenvalue weighted by atomic mass is 19.1. The molecule has 600 valence electrons. The van der Waals surface area contributed by atoms with Crippen LogP contribution in [-0.2, 0) is 81.3 Å². The lowest BCUT2D eigenvalue weighted by atomic mass is 9.92. The van der Waals surface area contributed by atoms with Gasteiger partial charge in [-0.25, -0.2) is 28.1 Å². The van der Waals surface area contributed by atoms with Crippen LogP contribution in [0.25, 0.3) is 0 Å². The van der Waals surface area contributed by atoms with Crippen molar-refractivity contribution in [2.75, 3.05) is 114 Å². The zero-order valence-electron chi connectivity index (χ0n) is 66.0. The number of rotatable bonds is 33. The molecule has 0 aliphatic carbocycles. The van der Waals surface area contributed by atoms with E-state index in [1.54, 1.807) is 39.0 Å². The summed E-state index contributed by atoms with van der Waals surface area (Å²) in [6.07, 6.45) is 28.1. The number of nitrogens with one attached hydrogen (secondary N) is 3. The summed E-state index contributed by atoms with van der Waals surface area (Å²) in [5.41, 5.74) is 12.6. The van der Waals surface area contributed by atoms with Gasteiger partial charge in [0.15, 0.2) is 17.3 Å². The third kappa shape index (κ3) is 22.7. The molecule has 21 heteroatoms. The normalized spacial score (nSPS) is 22.5. The molecule has 0 amide bonds. The van der Waals surface area contributed by atoms with Crippen LogP contribution in [0.5, 0.6) is 0 Å². The minimum absolute atomic E-state index is 0.0384. The summed E-state index contributed by atoms with van der Waals surface area (Å²) in [5.74, 6) is 2.41. The number of carbonyl (C=O) groups excluding carboxylic acids is 3.